The van der Waals surface area contributed by atoms with Gasteiger partial charge < -0.3 is 9.30 Å². The molecule has 6 heteroatoms. The Hall–Kier alpha value is -4.47. The second-order valence-corrected chi connectivity index (χ2v) is 17.2. The molecule has 7 aromatic rings. The Morgan fingerprint density at radius 2 is 1.48 bits per heavy atom. The van der Waals surface area contributed by atoms with Crippen molar-refractivity contribution in [2.45, 2.75) is 112 Å². The predicted molar refractivity (Wildman–Crippen MR) is 229 cm³/mol. The van der Waals surface area contributed by atoms with Crippen LogP contribution in [0.1, 0.15) is 110 Å². The van der Waals surface area contributed by atoms with E-state index in [4.69, 9.17) is 14.8 Å². The first-order valence-corrected chi connectivity index (χ1v) is 20.3. The molecule has 0 unspecified atom stereocenters. The van der Waals surface area contributed by atoms with Crippen molar-refractivity contribution in [3.63, 3.8) is 0 Å². The molecule has 0 aliphatic carbocycles. The third-order valence-corrected chi connectivity index (χ3v) is 10.5. The molecule has 0 spiro atoms. The molecular weight excluding hydrogens is 868 g/mol. The number of pyridine rings is 1. The molecule has 4 aromatic carbocycles. The molecule has 0 aliphatic heterocycles. The van der Waals surface area contributed by atoms with Gasteiger partial charge in [0.25, 0.3) is 0 Å². The molecular formula is C50H56N4OPt. The van der Waals surface area contributed by atoms with E-state index in [0.29, 0.717) is 16.9 Å². The van der Waals surface area contributed by atoms with Crippen molar-refractivity contribution in [1.82, 2.24) is 19.3 Å². The van der Waals surface area contributed by atoms with E-state index in [-0.39, 0.29) is 26.5 Å². The molecule has 0 radical (unpaired) electrons. The molecule has 0 N–H and O–H groups in total. The number of fused-ring (bicyclic) bond motifs is 3. The molecule has 3 aromatic heterocycles. The van der Waals surface area contributed by atoms with Gasteiger partial charge in [-0.15, -0.1) is 35.7 Å². The largest absolute Gasteiger partial charge is 2.00 e. The van der Waals surface area contributed by atoms with Gasteiger partial charge in [-0.2, -0.15) is 17.2 Å². The molecule has 3 heterocycles. The minimum Gasteiger partial charge on any atom is -0.509 e. The maximum absolute atomic E-state index is 6.61. The van der Waals surface area contributed by atoms with Crippen LogP contribution in [-0.4, -0.2) is 19.3 Å². The number of hydrogen-bond acceptors (Lipinski definition) is 3. The second-order valence-electron chi connectivity index (χ2n) is 17.2. The molecule has 0 amide bonds. The Morgan fingerprint density at radius 1 is 0.714 bits per heavy atom. The van der Waals surface area contributed by atoms with Crippen LogP contribution in [0.2, 0.25) is 0 Å². The maximum Gasteiger partial charge on any atom is 2.00 e. The number of nitrogens with zero attached hydrogens (tertiary/aromatic N) is 4. The van der Waals surface area contributed by atoms with Crippen LogP contribution in [0.15, 0.2) is 97.2 Å². The monoisotopic (exact) mass is 923 g/mol. The SMILES string of the molecule is CCCc1nn(-c2[c-]c(Oc3[c-]c4c(cc3)c3cc(CCCCC(C)(C)C)ccc3n4-c3cc(C(C)(C)C)ccn3)ccc2)c(CCC)c1-c1ccccc1.[Pt+2]. The van der Waals surface area contributed by atoms with E-state index < -0.39 is 0 Å². The number of aromatic nitrogens is 4. The zero-order valence-electron chi connectivity index (χ0n) is 34.4. The summed E-state index contributed by atoms with van der Waals surface area (Å²) in [4.78, 5) is 4.91. The number of ether oxygens (including phenoxy) is 1. The fraction of sp³-hybridized carbons (Fsp3) is 0.360. The van der Waals surface area contributed by atoms with Crippen molar-refractivity contribution in [3.8, 4) is 34.1 Å². The number of unbranched alkanes of at least 4 members (excludes halogenated alkanes) is 1. The van der Waals surface area contributed by atoms with Gasteiger partial charge in [0.15, 0.2) is 0 Å². The Kier molecular flexibility index (Phi) is 12.8. The molecule has 292 valence electrons. The first kappa shape index (κ1) is 41.2. The Bertz CT molecular complexity index is 2410. The molecule has 0 saturated heterocycles. The van der Waals surface area contributed by atoms with Crippen LogP contribution >= 0.6 is 0 Å². The normalized spacial score (nSPS) is 12.0. The number of hydrogen-bond donors (Lipinski definition) is 0. The minimum absolute atomic E-state index is 0. The topological polar surface area (TPSA) is 44.9 Å². The zero-order chi connectivity index (χ0) is 38.7. The smallest absolute Gasteiger partial charge is 0.509 e. The van der Waals surface area contributed by atoms with E-state index in [2.05, 4.69) is 150 Å². The van der Waals surface area contributed by atoms with Crippen LogP contribution < -0.4 is 4.74 Å². The fourth-order valence-corrected chi connectivity index (χ4v) is 7.67. The van der Waals surface area contributed by atoms with Crippen molar-refractivity contribution in [2.75, 3.05) is 0 Å². The molecule has 5 nitrogen and oxygen atoms in total. The van der Waals surface area contributed by atoms with Gasteiger partial charge in [-0.05, 0) is 88.9 Å². The van der Waals surface area contributed by atoms with Gasteiger partial charge in [0.05, 0.1) is 5.69 Å². The summed E-state index contributed by atoms with van der Waals surface area (Å²) in [6.07, 6.45) is 10.5. The first-order valence-electron chi connectivity index (χ1n) is 20.3. The molecule has 0 aliphatic rings. The van der Waals surface area contributed by atoms with E-state index in [1.54, 1.807) is 0 Å². The van der Waals surface area contributed by atoms with Crippen LogP contribution in [0.4, 0.5) is 0 Å². The molecule has 0 atom stereocenters. The maximum atomic E-state index is 6.61. The van der Waals surface area contributed by atoms with Crippen LogP contribution in [-0.2, 0) is 45.7 Å². The van der Waals surface area contributed by atoms with Crippen LogP contribution in [0.25, 0.3) is 44.4 Å². The first-order chi connectivity index (χ1) is 26.4. The van der Waals surface area contributed by atoms with Crippen LogP contribution in [0, 0.1) is 17.5 Å². The van der Waals surface area contributed by atoms with Crippen molar-refractivity contribution in [1.29, 1.82) is 0 Å². The van der Waals surface area contributed by atoms with E-state index in [9.17, 15) is 0 Å². The Morgan fingerprint density at radius 3 is 2.21 bits per heavy atom. The zero-order valence-corrected chi connectivity index (χ0v) is 36.7. The number of rotatable bonds is 13. The summed E-state index contributed by atoms with van der Waals surface area (Å²) in [5, 5.41) is 7.55. The van der Waals surface area contributed by atoms with E-state index in [0.717, 1.165) is 65.7 Å². The summed E-state index contributed by atoms with van der Waals surface area (Å²) in [7, 11) is 0. The van der Waals surface area contributed by atoms with E-state index in [1.807, 2.05) is 24.4 Å². The Labute approximate surface area is 348 Å². The van der Waals surface area contributed by atoms with Crippen molar-refractivity contribution in [3.05, 3.63) is 132 Å². The van der Waals surface area contributed by atoms with Crippen molar-refractivity contribution >= 4 is 21.8 Å². The third kappa shape index (κ3) is 9.05. The summed E-state index contributed by atoms with van der Waals surface area (Å²) in [6.45, 7) is 18.2. The van der Waals surface area contributed by atoms with Crippen LogP contribution in [0.3, 0.4) is 0 Å². The third-order valence-electron chi connectivity index (χ3n) is 10.5. The van der Waals surface area contributed by atoms with Crippen molar-refractivity contribution in [2.24, 2.45) is 5.41 Å². The number of benzene rings is 4. The molecule has 7 rings (SSSR count). The summed E-state index contributed by atoms with van der Waals surface area (Å²) < 4.78 is 10.9. The molecule has 0 saturated carbocycles. The van der Waals surface area contributed by atoms with Gasteiger partial charge >= 0.3 is 21.1 Å². The molecule has 56 heavy (non-hydrogen) atoms. The quantitative estimate of drug-likeness (QED) is 0.0855. The van der Waals surface area contributed by atoms with Gasteiger partial charge in [-0.1, -0.05) is 123 Å². The van der Waals surface area contributed by atoms with Gasteiger partial charge in [-0.25, -0.2) is 4.98 Å². The van der Waals surface area contributed by atoms with Gasteiger partial charge in [-0.3, -0.25) is 4.68 Å². The van der Waals surface area contributed by atoms with E-state index >= 15 is 0 Å². The Balaban J connectivity index is 0.00000532. The average molecular weight is 924 g/mol. The summed E-state index contributed by atoms with van der Waals surface area (Å²) >= 11 is 0. The van der Waals surface area contributed by atoms with Gasteiger partial charge in [0.2, 0.25) is 0 Å². The van der Waals surface area contributed by atoms with Gasteiger partial charge in [0, 0.05) is 34.5 Å². The summed E-state index contributed by atoms with van der Waals surface area (Å²) in [5.41, 5.74) is 10.7. The van der Waals surface area contributed by atoms with E-state index in [1.165, 1.54) is 52.6 Å². The molecule has 0 fully saturated rings. The second kappa shape index (κ2) is 17.3. The van der Waals surface area contributed by atoms with Gasteiger partial charge in [0.1, 0.15) is 5.82 Å². The summed E-state index contributed by atoms with van der Waals surface area (Å²) in [6, 6.07) is 39.5. The molecule has 0 bridgehead atoms. The van der Waals surface area contributed by atoms with Crippen LogP contribution in [0.5, 0.6) is 11.5 Å². The fourth-order valence-electron chi connectivity index (χ4n) is 7.67. The predicted octanol–water partition coefficient (Wildman–Crippen LogP) is 13.4. The standard InChI is InChI=1S/C50H56N4O.Pt/c1-9-17-43-48(36-20-12-11-13-21-36)45(18-10-2)54(52-43)38-22-16-23-39(33-38)55-40-25-26-41-42-31-35(19-14-15-29-49(3,4)5)24-27-44(42)53(46(41)34-40)47-32-37(28-30-51-47)50(6,7)8;/h11-13,16,20-28,30-32H,9-10,14-15,17-19,29H2,1-8H3;/q-2;+2. The summed E-state index contributed by atoms with van der Waals surface area (Å²) in [5.74, 6) is 2.13. The number of aryl methyl sites for hydroxylation is 2. The minimum atomic E-state index is -0.0136. The average Bonchev–Trinajstić information content (AvgIpc) is 3.68. The van der Waals surface area contributed by atoms with Crippen molar-refractivity contribution < 1.29 is 25.8 Å².